The number of H-pyrrole nitrogens is 1. The highest BCUT2D eigenvalue weighted by molar-refractivity contribution is 6.28. The topological polar surface area (TPSA) is 120 Å². The van der Waals surface area contributed by atoms with Crippen molar-refractivity contribution in [2.75, 3.05) is 17.7 Å². The number of rotatable bonds is 10. The number of aromatic amines is 1. The Kier molecular flexibility index (Phi) is 7.90. The van der Waals surface area contributed by atoms with Gasteiger partial charge in [-0.1, -0.05) is 32.0 Å². The Morgan fingerprint density at radius 3 is 2.56 bits per heavy atom. The number of hydrogen-bond donors (Lipinski definition) is 4. The summed E-state index contributed by atoms with van der Waals surface area (Å²) in [5, 5.41) is 9.14. The second-order valence-corrected chi connectivity index (χ2v) is 8.88. The molecule has 1 aromatic heterocycles. The molecule has 1 aliphatic heterocycles. The monoisotopic (exact) mass is 460 g/mol. The van der Waals surface area contributed by atoms with Gasteiger partial charge in [-0.2, -0.15) is 0 Å². The molecule has 9 heteroatoms. The highest BCUT2D eigenvalue weighted by Crippen LogP contribution is 2.22. The second-order valence-electron chi connectivity index (χ2n) is 8.62. The SMILES string of the molecule is CC(C)C[C@H](C(=O)Nc1cc2ccccc2[nH]1)C(=O)N[C@@H](C[C@@H]1CCNC1=O)C(=O)CCl. The van der Waals surface area contributed by atoms with Gasteiger partial charge in [0.05, 0.1) is 11.9 Å². The lowest BCUT2D eigenvalue weighted by Crippen LogP contribution is -2.48. The molecular weight excluding hydrogens is 432 g/mol. The lowest BCUT2D eigenvalue weighted by atomic mass is 9.92. The van der Waals surface area contributed by atoms with E-state index >= 15 is 0 Å². The van der Waals surface area contributed by atoms with Crippen LogP contribution in [0.25, 0.3) is 10.9 Å². The van der Waals surface area contributed by atoms with Crippen LogP contribution in [0.2, 0.25) is 0 Å². The Balaban J connectivity index is 1.73. The van der Waals surface area contributed by atoms with Crippen LogP contribution in [0.15, 0.2) is 30.3 Å². The Bertz CT molecular complexity index is 970. The van der Waals surface area contributed by atoms with Crippen LogP contribution >= 0.6 is 11.6 Å². The number of alkyl halides is 1. The fraction of sp³-hybridized carbons (Fsp3) is 0.478. The average molecular weight is 461 g/mol. The molecule has 32 heavy (non-hydrogen) atoms. The minimum absolute atomic E-state index is 0.0713. The third-order valence-electron chi connectivity index (χ3n) is 5.65. The molecule has 4 N–H and O–H groups in total. The van der Waals surface area contributed by atoms with E-state index in [9.17, 15) is 19.2 Å². The highest BCUT2D eigenvalue weighted by atomic mass is 35.5. The predicted octanol–water partition coefficient (Wildman–Crippen LogP) is 2.59. The lowest BCUT2D eigenvalue weighted by Gasteiger charge is -2.23. The molecule has 172 valence electrons. The van der Waals surface area contributed by atoms with Crippen LogP contribution in [-0.2, 0) is 19.2 Å². The second kappa shape index (κ2) is 10.6. The molecule has 0 bridgehead atoms. The van der Waals surface area contributed by atoms with Crippen molar-refractivity contribution in [2.45, 2.75) is 39.2 Å². The van der Waals surface area contributed by atoms with E-state index in [2.05, 4.69) is 20.9 Å². The summed E-state index contributed by atoms with van der Waals surface area (Å²) < 4.78 is 0. The van der Waals surface area contributed by atoms with Crippen molar-refractivity contribution in [2.24, 2.45) is 17.8 Å². The van der Waals surface area contributed by atoms with E-state index < -0.39 is 23.8 Å². The van der Waals surface area contributed by atoms with Crippen molar-refractivity contribution in [1.29, 1.82) is 0 Å². The molecule has 0 aliphatic carbocycles. The summed E-state index contributed by atoms with van der Waals surface area (Å²) >= 11 is 5.74. The van der Waals surface area contributed by atoms with Crippen molar-refractivity contribution in [3.63, 3.8) is 0 Å². The number of fused-ring (bicyclic) bond motifs is 1. The molecule has 8 nitrogen and oxygen atoms in total. The number of nitrogens with one attached hydrogen (secondary N) is 4. The third-order valence-corrected chi connectivity index (χ3v) is 5.91. The Morgan fingerprint density at radius 1 is 1.19 bits per heavy atom. The van der Waals surface area contributed by atoms with Gasteiger partial charge in [-0.3, -0.25) is 19.2 Å². The number of aromatic nitrogens is 1. The third kappa shape index (κ3) is 5.88. The van der Waals surface area contributed by atoms with Crippen LogP contribution in [0, 0.1) is 17.8 Å². The average Bonchev–Trinajstić information content (AvgIpc) is 3.35. The Hall–Kier alpha value is -2.87. The predicted molar refractivity (Wildman–Crippen MR) is 123 cm³/mol. The minimum Gasteiger partial charge on any atom is -0.356 e. The normalized spacial score (nSPS) is 17.8. The first-order chi connectivity index (χ1) is 15.3. The summed E-state index contributed by atoms with van der Waals surface area (Å²) in [6.07, 6.45) is 1.07. The zero-order chi connectivity index (χ0) is 23.3. The van der Waals surface area contributed by atoms with E-state index in [4.69, 9.17) is 11.6 Å². The number of amides is 3. The van der Waals surface area contributed by atoms with Gasteiger partial charge in [0.25, 0.3) is 0 Å². The summed E-state index contributed by atoms with van der Waals surface area (Å²) in [4.78, 5) is 53.5. The Morgan fingerprint density at radius 2 is 1.94 bits per heavy atom. The molecule has 2 heterocycles. The van der Waals surface area contributed by atoms with Crippen molar-refractivity contribution < 1.29 is 19.2 Å². The van der Waals surface area contributed by atoms with E-state index in [1.54, 1.807) is 6.07 Å². The molecule has 3 rings (SSSR count). The van der Waals surface area contributed by atoms with Gasteiger partial charge in [0.15, 0.2) is 5.78 Å². The van der Waals surface area contributed by atoms with Crippen molar-refractivity contribution in [3.8, 4) is 0 Å². The van der Waals surface area contributed by atoms with E-state index in [1.807, 2.05) is 38.1 Å². The molecule has 0 radical (unpaired) electrons. The summed E-state index contributed by atoms with van der Waals surface area (Å²) in [6.45, 7) is 4.38. The van der Waals surface area contributed by atoms with Gasteiger partial charge >= 0.3 is 0 Å². The molecule has 0 spiro atoms. The standard InChI is InChI=1S/C23H29ClN4O4/c1-13(2)9-16(23(32)28-20-11-14-5-3-4-6-17(14)26-20)22(31)27-18(19(29)12-24)10-15-7-8-25-21(15)30/h3-6,11,13,15-16,18,26H,7-10,12H2,1-2H3,(H,25,30)(H,27,31)(H,28,32)/t15-,16-,18-/m0/s1. The molecule has 1 fully saturated rings. The van der Waals surface area contributed by atoms with Gasteiger partial charge < -0.3 is 20.9 Å². The van der Waals surface area contributed by atoms with Crippen LogP contribution in [0.5, 0.6) is 0 Å². The van der Waals surface area contributed by atoms with Gasteiger partial charge in [-0.05, 0) is 37.3 Å². The molecule has 0 saturated carbocycles. The van der Waals surface area contributed by atoms with Gasteiger partial charge in [0.2, 0.25) is 17.7 Å². The fourth-order valence-corrected chi connectivity index (χ4v) is 4.14. The van der Waals surface area contributed by atoms with Gasteiger partial charge in [0.1, 0.15) is 11.7 Å². The number of Topliss-reactive ketones (excluding diaryl/α,β-unsaturated/α-hetero) is 1. The zero-order valence-electron chi connectivity index (χ0n) is 18.2. The minimum atomic E-state index is -0.996. The van der Waals surface area contributed by atoms with Gasteiger partial charge in [0, 0.05) is 23.4 Å². The maximum Gasteiger partial charge on any atom is 0.238 e. The number of anilines is 1. The number of halogens is 1. The molecule has 0 unspecified atom stereocenters. The van der Waals surface area contributed by atoms with Crippen LogP contribution in [-0.4, -0.2) is 47.0 Å². The molecular formula is C23H29ClN4O4. The first-order valence-corrected chi connectivity index (χ1v) is 11.4. The smallest absolute Gasteiger partial charge is 0.238 e. The maximum atomic E-state index is 13.1. The van der Waals surface area contributed by atoms with Gasteiger partial charge in [-0.25, -0.2) is 0 Å². The van der Waals surface area contributed by atoms with E-state index in [-0.39, 0.29) is 35.8 Å². The van der Waals surface area contributed by atoms with E-state index in [0.717, 1.165) is 10.9 Å². The lowest BCUT2D eigenvalue weighted by molar-refractivity contribution is -0.136. The fourth-order valence-electron chi connectivity index (χ4n) is 3.96. The van der Waals surface area contributed by atoms with Crippen LogP contribution < -0.4 is 16.0 Å². The number of benzene rings is 1. The van der Waals surface area contributed by atoms with Crippen LogP contribution in [0.1, 0.15) is 33.1 Å². The number of carbonyl (C=O) groups is 4. The first kappa shape index (κ1) is 23.8. The highest BCUT2D eigenvalue weighted by Gasteiger charge is 2.34. The van der Waals surface area contributed by atoms with Gasteiger partial charge in [-0.15, -0.1) is 11.6 Å². The van der Waals surface area contributed by atoms with Crippen LogP contribution in [0.3, 0.4) is 0 Å². The van der Waals surface area contributed by atoms with Crippen molar-refractivity contribution in [3.05, 3.63) is 30.3 Å². The van der Waals surface area contributed by atoms with Crippen LogP contribution in [0.4, 0.5) is 5.82 Å². The maximum absolute atomic E-state index is 13.1. The molecule has 1 aromatic carbocycles. The summed E-state index contributed by atoms with van der Waals surface area (Å²) in [5.74, 6) is -2.60. The van der Waals surface area contributed by atoms with E-state index in [1.165, 1.54) is 0 Å². The molecule has 1 aliphatic rings. The molecule has 3 atom stereocenters. The number of para-hydroxylation sites is 1. The summed E-state index contributed by atoms with van der Waals surface area (Å²) in [7, 11) is 0. The quantitative estimate of drug-likeness (QED) is 0.321. The van der Waals surface area contributed by atoms with Crippen molar-refractivity contribution in [1.82, 2.24) is 15.6 Å². The largest absolute Gasteiger partial charge is 0.356 e. The molecule has 1 saturated heterocycles. The van der Waals surface area contributed by atoms with E-state index in [0.29, 0.717) is 25.2 Å². The van der Waals surface area contributed by atoms with Crippen molar-refractivity contribution >= 4 is 51.8 Å². The number of carbonyl (C=O) groups excluding carboxylic acids is 4. The number of ketones is 1. The summed E-state index contributed by atoms with van der Waals surface area (Å²) in [5.41, 5.74) is 0.871. The molecule has 3 amide bonds. The zero-order valence-corrected chi connectivity index (χ0v) is 19.0. The summed E-state index contributed by atoms with van der Waals surface area (Å²) in [6, 6.07) is 8.49. The first-order valence-electron chi connectivity index (χ1n) is 10.8. The number of hydrogen-bond acceptors (Lipinski definition) is 4. The Labute approximate surface area is 191 Å². The molecule has 2 aromatic rings.